The molecule has 2 heterocycles. The van der Waals surface area contributed by atoms with Crippen molar-refractivity contribution in [3.63, 3.8) is 0 Å². The lowest BCUT2D eigenvalue weighted by Crippen LogP contribution is -2.50. The van der Waals surface area contributed by atoms with Gasteiger partial charge >= 0.3 is 0 Å². The molecule has 0 aliphatic carbocycles. The van der Waals surface area contributed by atoms with Gasteiger partial charge in [-0.15, -0.1) is 0 Å². The van der Waals surface area contributed by atoms with Gasteiger partial charge in [-0.3, -0.25) is 14.5 Å². The van der Waals surface area contributed by atoms with Crippen molar-refractivity contribution >= 4 is 17.5 Å². The summed E-state index contributed by atoms with van der Waals surface area (Å²) in [5.41, 5.74) is 2.01. The van der Waals surface area contributed by atoms with Gasteiger partial charge in [0.15, 0.2) is 5.82 Å². The summed E-state index contributed by atoms with van der Waals surface area (Å²) in [6, 6.07) is 7.88. The zero-order chi connectivity index (χ0) is 22.1. The van der Waals surface area contributed by atoms with E-state index in [1.54, 1.807) is 0 Å². The van der Waals surface area contributed by atoms with Gasteiger partial charge in [0.1, 0.15) is 0 Å². The molecule has 1 aliphatic rings. The first-order chi connectivity index (χ1) is 15.1. The summed E-state index contributed by atoms with van der Waals surface area (Å²) >= 11 is 0. The number of aryl methyl sites for hydroxylation is 3. The highest BCUT2D eigenvalue weighted by atomic mass is 16.5. The van der Waals surface area contributed by atoms with Gasteiger partial charge in [0.05, 0.1) is 6.54 Å². The standard InChI is InChI=1S/C23H33N5O3/c1-3-8-20-25-22(31-26-20)11-7-12-23(30)28-15-13-27(14-16-28)17-21(29)24-19-10-6-5-9-18(19)4-2/h5-6,9-10H,3-4,7-8,11-17H2,1-2H3,(H,24,29). The molecule has 1 aromatic carbocycles. The summed E-state index contributed by atoms with van der Waals surface area (Å²) in [6.45, 7) is 7.21. The SMILES string of the molecule is CCCc1noc(CCCC(=O)N2CCN(CC(=O)Nc3ccccc3CC)CC2)n1. The van der Waals surface area contributed by atoms with Crippen LogP contribution in [0.25, 0.3) is 0 Å². The molecule has 0 unspecified atom stereocenters. The maximum Gasteiger partial charge on any atom is 0.238 e. The number of nitrogens with one attached hydrogen (secondary N) is 1. The molecule has 31 heavy (non-hydrogen) atoms. The van der Waals surface area contributed by atoms with E-state index in [0.29, 0.717) is 57.9 Å². The number of carbonyl (C=O) groups is 2. The maximum atomic E-state index is 12.5. The lowest BCUT2D eigenvalue weighted by atomic mass is 10.1. The van der Waals surface area contributed by atoms with Gasteiger partial charge in [-0.25, -0.2) is 0 Å². The Balaban J connectivity index is 1.35. The van der Waals surface area contributed by atoms with E-state index in [1.165, 1.54) is 0 Å². The number of nitrogens with zero attached hydrogens (tertiary/aromatic N) is 4. The molecule has 0 bridgehead atoms. The number of hydrogen-bond donors (Lipinski definition) is 1. The lowest BCUT2D eigenvalue weighted by Gasteiger charge is -2.34. The fourth-order valence-electron chi connectivity index (χ4n) is 3.76. The molecular formula is C23H33N5O3. The van der Waals surface area contributed by atoms with Crippen molar-refractivity contribution in [2.45, 2.75) is 52.4 Å². The lowest BCUT2D eigenvalue weighted by molar-refractivity contribution is -0.133. The van der Waals surface area contributed by atoms with Crippen molar-refractivity contribution in [3.8, 4) is 0 Å². The van der Waals surface area contributed by atoms with Crippen molar-refractivity contribution in [2.24, 2.45) is 0 Å². The van der Waals surface area contributed by atoms with E-state index in [1.807, 2.05) is 29.2 Å². The Hall–Kier alpha value is -2.74. The number of anilines is 1. The molecular weight excluding hydrogens is 394 g/mol. The van der Waals surface area contributed by atoms with Crippen molar-refractivity contribution in [1.82, 2.24) is 19.9 Å². The molecule has 2 aromatic rings. The highest BCUT2D eigenvalue weighted by molar-refractivity contribution is 5.93. The van der Waals surface area contributed by atoms with Crippen molar-refractivity contribution < 1.29 is 14.1 Å². The Morgan fingerprint density at radius 2 is 1.87 bits per heavy atom. The van der Waals surface area contributed by atoms with E-state index in [-0.39, 0.29) is 11.8 Å². The first-order valence-electron chi connectivity index (χ1n) is 11.3. The molecule has 0 atom stereocenters. The monoisotopic (exact) mass is 427 g/mol. The number of para-hydroxylation sites is 1. The average Bonchev–Trinajstić information content (AvgIpc) is 3.22. The van der Waals surface area contributed by atoms with Gasteiger partial charge in [-0.2, -0.15) is 4.98 Å². The van der Waals surface area contributed by atoms with Gasteiger partial charge in [0.2, 0.25) is 17.7 Å². The van der Waals surface area contributed by atoms with Gasteiger partial charge in [-0.05, 0) is 30.9 Å². The Labute approximate surface area is 184 Å². The molecule has 0 saturated carbocycles. The Kier molecular flexibility index (Phi) is 8.58. The van der Waals surface area contributed by atoms with Crippen molar-refractivity contribution in [3.05, 3.63) is 41.5 Å². The van der Waals surface area contributed by atoms with E-state index in [9.17, 15) is 9.59 Å². The number of hydrogen-bond acceptors (Lipinski definition) is 6. The first kappa shape index (κ1) is 22.9. The number of benzene rings is 1. The van der Waals surface area contributed by atoms with Crippen LogP contribution in [0.2, 0.25) is 0 Å². The summed E-state index contributed by atoms with van der Waals surface area (Å²) in [7, 11) is 0. The zero-order valence-corrected chi connectivity index (χ0v) is 18.6. The van der Waals surface area contributed by atoms with Crippen LogP contribution in [-0.4, -0.2) is 64.5 Å². The predicted octanol–water partition coefficient (Wildman–Crippen LogP) is 2.69. The van der Waals surface area contributed by atoms with E-state index in [2.05, 4.69) is 34.2 Å². The molecule has 0 spiro atoms. The second kappa shape index (κ2) is 11.6. The highest BCUT2D eigenvalue weighted by Gasteiger charge is 2.22. The van der Waals surface area contributed by atoms with Crippen LogP contribution in [0, 0.1) is 0 Å². The molecule has 3 rings (SSSR count). The molecule has 2 amide bonds. The van der Waals surface area contributed by atoms with Crippen LogP contribution in [0.4, 0.5) is 5.69 Å². The van der Waals surface area contributed by atoms with Crippen LogP contribution in [0.3, 0.4) is 0 Å². The predicted molar refractivity (Wildman–Crippen MR) is 119 cm³/mol. The van der Waals surface area contributed by atoms with Gasteiger partial charge in [-0.1, -0.05) is 37.2 Å². The minimum atomic E-state index is -0.0114. The number of carbonyl (C=O) groups excluding carboxylic acids is 2. The van der Waals surface area contributed by atoms with Crippen LogP contribution in [0.5, 0.6) is 0 Å². The fourth-order valence-corrected chi connectivity index (χ4v) is 3.76. The third-order valence-corrected chi connectivity index (χ3v) is 5.53. The van der Waals surface area contributed by atoms with Gasteiger partial charge in [0, 0.05) is 51.1 Å². The molecule has 8 heteroatoms. The molecule has 168 valence electrons. The smallest absolute Gasteiger partial charge is 0.238 e. The van der Waals surface area contributed by atoms with Crippen molar-refractivity contribution in [2.75, 3.05) is 38.0 Å². The minimum Gasteiger partial charge on any atom is -0.340 e. The van der Waals surface area contributed by atoms with E-state index in [4.69, 9.17) is 4.52 Å². The summed E-state index contributed by atoms with van der Waals surface area (Å²) < 4.78 is 5.22. The second-order valence-electron chi connectivity index (χ2n) is 7.92. The Bertz CT molecular complexity index is 858. The number of piperazine rings is 1. The van der Waals surface area contributed by atoms with Crippen molar-refractivity contribution in [1.29, 1.82) is 0 Å². The fraction of sp³-hybridized carbons (Fsp3) is 0.565. The molecule has 1 aliphatic heterocycles. The highest BCUT2D eigenvalue weighted by Crippen LogP contribution is 2.15. The molecule has 1 aromatic heterocycles. The van der Waals surface area contributed by atoms with Crippen LogP contribution < -0.4 is 5.32 Å². The third-order valence-electron chi connectivity index (χ3n) is 5.53. The van der Waals surface area contributed by atoms with Crippen LogP contribution in [-0.2, 0) is 28.9 Å². The van der Waals surface area contributed by atoms with E-state index < -0.39 is 0 Å². The van der Waals surface area contributed by atoms with E-state index in [0.717, 1.165) is 36.3 Å². The second-order valence-corrected chi connectivity index (χ2v) is 7.92. The topological polar surface area (TPSA) is 91.6 Å². The minimum absolute atomic E-state index is 0.0114. The molecule has 1 saturated heterocycles. The third kappa shape index (κ3) is 6.89. The van der Waals surface area contributed by atoms with Crippen LogP contribution in [0.15, 0.2) is 28.8 Å². The molecule has 8 nitrogen and oxygen atoms in total. The van der Waals surface area contributed by atoms with Gasteiger partial charge in [0.25, 0.3) is 0 Å². The molecule has 0 radical (unpaired) electrons. The molecule has 1 fully saturated rings. The zero-order valence-electron chi connectivity index (χ0n) is 18.6. The van der Waals surface area contributed by atoms with Crippen LogP contribution in [0.1, 0.15) is 50.4 Å². The maximum absolute atomic E-state index is 12.5. The Morgan fingerprint density at radius 3 is 2.61 bits per heavy atom. The largest absolute Gasteiger partial charge is 0.340 e. The quantitative estimate of drug-likeness (QED) is 0.627. The molecule has 1 N–H and O–H groups in total. The summed E-state index contributed by atoms with van der Waals surface area (Å²) in [6.07, 6.45) is 4.48. The number of amides is 2. The van der Waals surface area contributed by atoms with Gasteiger partial charge < -0.3 is 14.7 Å². The summed E-state index contributed by atoms with van der Waals surface area (Å²) in [5.74, 6) is 1.48. The van der Waals surface area contributed by atoms with E-state index >= 15 is 0 Å². The number of rotatable bonds is 10. The number of aromatic nitrogens is 2. The first-order valence-corrected chi connectivity index (χ1v) is 11.3. The normalized spacial score (nSPS) is 14.6. The summed E-state index contributed by atoms with van der Waals surface area (Å²) in [4.78, 5) is 33.3. The summed E-state index contributed by atoms with van der Waals surface area (Å²) in [5, 5.41) is 6.96. The Morgan fingerprint density at radius 1 is 1.10 bits per heavy atom. The average molecular weight is 428 g/mol. The van der Waals surface area contributed by atoms with Crippen LogP contribution >= 0.6 is 0 Å².